The molecular weight excluding hydrogens is 407 g/mol. The molecule has 0 fully saturated rings. The predicted octanol–water partition coefficient (Wildman–Crippen LogP) is 5.50. The minimum Gasteiger partial charge on any atom is -0.417 e. The van der Waals surface area contributed by atoms with E-state index in [1.807, 2.05) is 13.8 Å². The molecule has 1 amide bonds. The highest BCUT2D eigenvalue weighted by Crippen LogP contribution is 2.36. The Kier molecular flexibility index (Phi) is 7.37. The number of carbonyl (C=O) groups is 2. The number of nitrogens with one attached hydrogen (secondary N) is 1. The van der Waals surface area contributed by atoms with Crippen molar-refractivity contribution in [2.24, 2.45) is 5.92 Å². The minimum atomic E-state index is -0.691. The Morgan fingerprint density at radius 3 is 2.32 bits per heavy atom. The molecule has 7 nitrogen and oxygen atoms in total. The number of esters is 1. The Morgan fingerprint density at radius 2 is 1.75 bits per heavy atom. The van der Waals surface area contributed by atoms with Crippen LogP contribution in [0.5, 0.6) is 5.75 Å². The number of amides is 1. The second-order valence-electron chi connectivity index (χ2n) is 6.37. The summed E-state index contributed by atoms with van der Waals surface area (Å²) in [7, 11) is 0. The molecule has 0 saturated heterocycles. The number of carbonyl (C=O) groups excluding carboxylic acids is 2. The zero-order valence-corrected chi connectivity index (χ0v) is 16.7. The number of halogens is 2. The maximum atomic E-state index is 12.6. The fourth-order valence-electron chi connectivity index (χ4n) is 2.35. The van der Waals surface area contributed by atoms with Crippen LogP contribution in [0.2, 0.25) is 10.0 Å². The fraction of sp³-hybridized carbons (Fsp3) is 0.263. The molecule has 148 valence electrons. The maximum absolute atomic E-state index is 12.6. The van der Waals surface area contributed by atoms with E-state index in [0.29, 0.717) is 6.42 Å². The van der Waals surface area contributed by atoms with E-state index in [-0.39, 0.29) is 39.4 Å². The van der Waals surface area contributed by atoms with Crippen molar-refractivity contribution in [2.45, 2.75) is 26.7 Å². The first kappa shape index (κ1) is 21.7. The van der Waals surface area contributed by atoms with Gasteiger partial charge in [0.15, 0.2) is 0 Å². The third-order valence-corrected chi connectivity index (χ3v) is 4.40. The molecule has 0 bridgehead atoms. The SMILES string of the molecule is CC(C)CCC(=O)Oc1c(NC(=O)c2c(Cl)cccc2Cl)cccc1[N+](=O)[O-]. The number of hydrogen-bond acceptors (Lipinski definition) is 5. The minimum absolute atomic E-state index is 0.00873. The summed E-state index contributed by atoms with van der Waals surface area (Å²) in [6.45, 7) is 3.88. The van der Waals surface area contributed by atoms with E-state index in [9.17, 15) is 19.7 Å². The molecule has 0 unspecified atom stereocenters. The number of ether oxygens (including phenoxy) is 1. The van der Waals surface area contributed by atoms with Gasteiger partial charge in [-0.2, -0.15) is 0 Å². The van der Waals surface area contributed by atoms with Gasteiger partial charge in [0.2, 0.25) is 5.75 Å². The van der Waals surface area contributed by atoms with Crippen LogP contribution >= 0.6 is 23.2 Å². The smallest absolute Gasteiger partial charge is 0.313 e. The molecule has 2 aromatic carbocycles. The number of rotatable bonds is 7. The van der Waals surface area contributed by atoms with Gasteiger partial charge in [-0.05, 0) is 30.5 Å². The molecule has 0 radical (unpaired) electrons. The van der Waals surface area contributed by atoms with Crippen LogP contribution in [0.25, 0.3) is 0 Å². The second kappa shape index (κ2) is 9.52. The molecule has 0 saturated carbocycles. The van der Waals surface area contributed by atoms with Crippen molar-refractivity contribution in [1.29, 1.82) is 0 Å². The number of nitro benzene ring substituents is 1. The number of anilines is 1. The summed E-state index contributed by atoms with van der Waals surface area (Å²) in [6, 6.07) is 8.50. The summed E-state index contributed by atoms with van der Waals surface area (Å²) in [4.78, 5) is 35.4. The Labute approximate surface area is 171 Å². The first-order valence-electron chi connectivity index (χ1n) is 8.44. The molecular formula is C19H18Cl2N2O5. The van der Waals surface area contributed by atoms with Gasteiger partial charge in [0.1, 0.15) is 0 Å². The summed E-state index contributed by atoms with van der Waals surface area (Å²) in [5, 5.41) is 14.1. The van der Waals surface area contributed by atoms with Gasteiger partial charge in [0.25, 0.3) is 5.91 Å². The van der Waals surface area contributed by atoms with Crippen LogP contribution in [0.1, 0.15) is 37.0 Å². The first-order valence-corrected chi connectivity index (χ1v) is 9.19. The van der Waals surface area contributed by atoms with Crippen molar-refractivity contribution >= 4 is 46.5 Å². The fourth-order valence-corrected chi connectivity index (χ4v) is 2.91. The highest BCUT2D eigenvalue weighted by molar-refractivity contribution is 6.40. The van der Waals surface area contributed by atoms with Gasteiger partial charge >= 0.3 is 11.7 Å². The molecule has 0 atom stereocenters. The highest BCUT2D eigenvalue weighted by atomic mass is 35.5. The van der Waals surface area contributed by atoms with Crippen LogP contribution in [0.3, 0.4) is 0 Å². The molecule has 0 aliphatic carbocycles. The van der Waals surface area contributed by atoms with Gasteiger partial charge in [-0.15, -0.1) is 0 Å². The summed E-state index contributed by atoms with van der Waals surface area (Å²) >= 11 is 12.1. The van der Waals surface area contributed by atoms with Gasteiger partial charge in [-0.25, -0.2) is 0 Å². The van der Waals surface area contributed by atoms with Crippen molar-refractivity contribution in [3.63, 3.8) is 0 Å². The van der Waals surface area contributed by atoms with E-state index in [2.05, 4.69) is 5.32 Å². The van der Waals surface area contributed by atoms with Crippen LogP contribution in [-0.2, 0) is 4.79 Å². The highest BCUT2D eigenvalue weighted by Gasteiger charge is 2.24. The van der Waals surface area contributed by atoms with Crippen LogP contribution in [0.15, 0.2) is 36.4 Å². The van der Waals surface area contributed by atoms with Crippen LogP contribution < -0.4 is 10.1 Å². The van der Waals surface area contributed by atoms with E-state index in [0.717, 1.165) is 0 Å². The number of hydrogen-bond donors (Lipinski definition) is 1. The van der Waals surface area contributed by atoms with E-state index < -0.39 is 22.5 Å². The molecule has 2 rings (SSSR count). The molecule has 0 aliphatic heterocycles. The zero-order valence-electron chi connectivity index (χ0n) is 15.2. The summed E-state index contributed by atoms with van der Waals surface area (Å²) in [6.07, 6.45) is 0.657. The second-order valence-corrected chi connectivity index (χ2v) is 7.18. The Bertz CT molecular complexity index is 895. The van der Waals surface area contributed by atoms with Crippen molar-refractivity contribution in [3.8, 4) is 5.75 Å². The summed E-state index contributed by atoms with van der Waals surface area (Å²) in [5.41, 5.74) is -0.469. The van der Waals surface area contributed by atoms with Gasteiger partial charge in [0.05, 0.1) is 26.2 Å². The average Bonchev–Trinajstić information content (AvgIpc) is 2.61. The van der Waals surface area contributed by atoms with Crippen LogP contribution in [0.4, 0.5) is 11.4 Å². The van der Waals surface area contributed by atoms with E-state index >= 15 is 0 Å². The van der Waals surface area contributed by atoms with Crippen molar-refractivity contribution in [3.05, 3.63) is 62.1 Å². The Balaban J connectivity index is 2.36. The first-order chi connectivity index (χ1) is 13.2. The number of para-hydroxylation sites is 1. The Morgan fingerprint density at radius 1 is 1.14 bits per heavy atom. The van der Waals surface area contributed by atoms with Gasteiger partial charge in [-0.1, -0.05) is 49.2 Å². The molecule has 28 heavy (non-hydrogen) atoms. The lowest BCUT2D eigenvalue weighted by Crippen LogP contribution is -2.16. The molecule has 0 spiro atoms. The van der Waals surface area contributed by atoms with Crippen molar-refractivity contribution in [1.82, 2.24) is 0 Å². The molecule has 9 heteroatoms. The predicted molar refractivity (Wildman–Crippen MR) is 107 cm³/mol. The van der Waals surface area contributed by atoms with E-state index in [1.54, 1.807) is 6.07 Å². The lowest BCUT2D eigenvalue weighted by Gasteiger charge is -2.13. The van der Waals surface area contributed by atoms with Gasteiger partial charge in [-0.3, -0.25) is 19.7 Å². The monoisotopic (exact) mass is 424 g/mol. The quantitative estimate of drug-likeness (QED) is 0.274. The largest absolute Gasteiger partial charge is 0.417 e. The number of nitrogens with zero attached hydrogens (tertiary/aromatic N) is 1. The topological polar surface area (TPSA) is 98.5 Å². The molecule has 0 heterocycles. The van der Waals surface area contributed by atoms with Crippen molar-refractivity contribution < 1.29 is 19.2 Å². The number of benzene rings is 2. The molecule has 0 aromatic heterocycles. The summed E-state index contributed by atoms with van der Waals surface area (Å²) < 4.78 is 5.22. The molecule has 1 N–H and O–H groups in total. The van der Waals surface area contributed by atoms with Crippen molar-refractivity contribution in [2.75, 3.05) is 5.32 Å². The van der Waals surface area contributed by atoms with E-state index in [1.165, 1.54) is 30.3 Å². The normalized spacial score (nSPS) is 10.6. The van der Waals surface area contributed by atoms with E-state index in [4.69, 9.17) is 27.9 Å². The third kappa shape index (κ3) is 5.43. The zero-order chi connectivity index (χ0) is 20.8. The third-order valence-electron chi connectivity index (χ3n) is 3.77. The maximum Gasteiger partial charge on any atom is 0.313 e. The van der Waals surface area contributed by atoms with Gasteiger partial charge in [0, 0.05) is 12.5 Å². The lowest BCUT2D eigenvalue weighted by atomic mass is 10.1. The van der Waals surface area contributed by atoms with Crippen LogP contribution in [-0.4, -0.2) is 16.8 Å². The summed E-state index contributed by atoms with van der Waals surface area (Å²) in [5.74, 6) is -1.39. The molecule has 2 aromatic rings. The average molecular weight is 425 g/mol. The Hall–Kier alpha value is -2.64. The standard InChI is InChI=1S/C19H18Cl2N2O5/c1-11(2)9-10-16(24)28-18-14(7-4-8-15(18)23(26)27)22-19(25)17-12(20)5-3-6-13(17)21/h3-8,11H,9-10H2,1-2H3,(H,22,25). The molecule has 0 aliphatic rings. The van der Waals surface area contributed by atoms with Crippen LogP contribution in [0, 0.1) is 16.0 Å². The van der Waals surface area contributed by atoms with Gasteiger partial charge < -0.3 is 10.1 Å². The lowest BCUT2D eigenvalue weighted by molar-refractivity contribution is -0.385. The number of nitro groups is 1.